The standard InChI is InChI=1S/C8H17NO2/c1-4-5-6-8(10)9(11)7(2)3/h7,11H,4-6H2,1-3H3. The smallest absolute Gasteiger partial charge is 0.246 e. The molecule has 3 heteroatoms. The molecule has 0 heterocycles. The van der Waals surface area contributed by atoms with Crippen molar-refractivity contribution in [2.24, 2.45) is 0 Å². The minimum atomic E-state index is -0.179. The van der Waals surface area contributed by atoms with Gasteiger partial charge in [0.15, 0.2) is 0 Å². The molecule has 66 valence electrons. The van der Waals surface area contributed by atoms with E-state index in [9.17, 15) is 4.79 Å². The van der Waals surface area contributed by atoms with Crippen LogP contribution in [0, 0.1) is 0 Å². The van der Waals surface area contributed by atoms with Crippen LogP contribution in [0.1, 0.15) is 40.0 Å². The van der Waals surface area contributed by atoms with Gasteiger partial charge in [0.05, 0.1) is 6.04 Å². The summed E-state index contributed by atoms with van der Waals surface area (Å²) in [7, 11) is 0. The van der Waals surface area contributed by atoms with Gasteiger partial charge in [-0.1, -0.05) is 13.3 Å². The second-order valence-electron chi connectivity index (χ2n) is 2.94. The number of rotatable bonds is 4. The molecule has 0 fully saturated rings. The van der Waals surface area contributed by atoms with Gasteiger partial charge in [-0.2, -0.15) is 0 Å². The van der Waals surface area contributed by atoms with E-state index in [0.717, 1.165) is 17.9 Å². The lowest BCUT2D eigenvalue weighted by Crippen LogP contribution is -2.33. The molecule has 0 saturated carbocycles. The number of unbranched alkanes of at least 4 members (excludes halogenated alkanes) is 1. The molecule has 0 aromatic carbocycles. The van der Waals surface area contributed by atoms with Crippen molar-refractivity contribution in [3.05, 3.63) is 0 Å². The average Bonchev–Trinajstić information content (AvgIpc) is 1.98. The second-order valence-corrected chi connectivity index (χ2v) is 2.94. The summed E-state index contributed by atoms with van der Waals surface area (Å²) >= 11 is 0. The van der Waals surface area contributed by atoms with Crippen LogP contribution in [0.15, 0.2) is 0 Å². The zero-order valence-corrected chi connectivity index (χ0v) is 7.50. The number of amides is 1. The Kier molecular flexibility index (Phi) is 4.86. The number of nitrogens with zero attached hydrogens (tertiary/aromatic N) is 1. The monoisotopic (exact) mass is 159 g/mol. The van der Waals surface area contributed by atoms with Gasteiger partial charge in [-0.05, 0) is 20.3 Å². The lowest BCUT2D eigenvalue weighted by atomic mass is 10.2. The van der Waals surface area contributed by atoms with Crippen molar-refractivity contribution in [3.63, 3.8) is 0 Å². The Hall–Kier alpha value is -0.570. The maximum Gasteiger partial charge on any atom is 0.246 e. The van der Waals surface area contributed by atoms with Crippen LogP contribution in [0.3, 0.4) is 0 Å². The molecule has 0 spiro atoms. The Morgan fingerprint density at radius 2 is 2.09 bits per heavy atom. The lowest BCUT2D eigenvalue weighted by Gasteiger charge is -2.18. The van der Waals surface area contributed by atoms with E-state index in [1.165, 1.54) is 0 Å². The Morgan fingerprint density at radius 3 is 2.45 bits per heavy atom. The zero-order chi connectivity index (χ0) is 8.85. The maximum absolute atomic E-state index is 11.0. The Labute approximate surface area is 68.0 Å². The zero-order valence-electron chi connectivity index (χ0n) is 7.50. The van der Waals surface area contributed by atoms with Crippen molar-refractivity contribution in [1.29, 1.82) is 0 Å². The molecular weight excluding hydrogens is 142 g/mol. The van der Waals surface area contributed by atoms with Gasteiger partial charge in [-0.25, -0.2) is 5.06 Å². The first kappa shape index (κ1) is 10.4. The molecule has 1 amide bonds. The van der Waals surface area contributed by atoms with Crippen molar-refractivity contribution in [2.45, 2.75) is 46.1 Å². The summed E-state index contributed by atoms with van der Waals surface area (Å²) in [6.45, 7) is 5.58. The Morgan fingerprint density at radius 1 is 1.55 bits per heavy atom. The molecule has 0 saturated heterocycles. The van der Waals surface area contributed by atoms with Gasteiger partial charge >= 0.3 is 0 Å². The quantitative estimate of drug-likeness (QED) is 0.502. The molecule has 0 rings (SSSR count). The van der Waals surface area contributed by atoms with Crippen LogP contribution < -0.4 is 0 Å². The van der Waals surface area contributed by atoms with Crippen molar-refractivity contribution in [2.75, 3.05) is 0 Å². The van der Waals surface area contributed by atoms with Crippen LogP contribution in [0.5, 0.6) is 0 Å². The van der Waals surface area contributed by atoms with Crippen molar-refractivity contribution in [3.8, 4) is 0 Å². The highest BCUT2D eigenvalue weighted by Gasteiger charge is 2.12. The molecule has 0 aliphatic heterocycles. The van der Waals surface area contributed by atoms with Crippen LogP contribution in [0.25, 0.3) is 0 Å². The molecule has 0 bridgehead atoms. The lowest BCUT2D eigenvalue weighted by molar-refractivity contribution is -0.172. The van der Waals surface area contributed by atoms with Gasteiger partial charge < -0.3 is 0 Å². The number of hydrogen-bond acceptors (Lipinski definition) is 2. The topological polar surface area (TPSA) is 40.5 Å². The average molecular weight is 159 g/mol. The molecule has 0 unspecified atom stereocenters. The summed E-state index contributed by atoms with van der Waals surface area (Å²) in [5, 5.41) is 9.91. The fourth-order valence-electron chi connectivity index (χ4n) is 0.731. The molecule has 0 aliphatic carbocycles. The third-order valence-electron chi connectivity index (χ3n) is 1.49. The molecule has 0 aliphatic rings. The summed E-state index contributed by atoms with van der Waals surface area (Å²) in [4.78, 5) is 11.0. The van der Waals surface area contributed by atoms with Crippen LogP contribution in [0.4, 0.5) is 0 Å². The SMILES string of the molecule is CCCCC(=O)N(O)C(C)C. The van der Waals surface area contributed by atoms with Crippen molar-refractivity contribution < 1.29 is 10.0 Å². The van der Waals surface area contributed by atoms with E-state index in [1.54, 1.807) is 13.8 Å². The first-order valence-corrected chi connectivity index (χ1v) is 4.10. The molecule has 0 atom stereocenters. The number of hydroxylamine groups is 2. The fraction of sp³-hybridized carbons (Fsp3) is 0.875. The second kappa shape index (κ2) is 5.13. The highest BCUT2D eigenvalue weighted by molar-refractivity contribution is 5.75. The third-order valence-corrected chi connectivity index (χ3v) is 1.49. The molecule has 11 heavy (non-hydrogen) atoms. The van der Waals surface area contributed by atoms with Gasteiger partial charge in [0.2, 0.25) is 5.91 Å². The fourth-order valence-corrected chi connectivity index (χ4v) is 0.731. The first-order valence-electron chi connectivity index (χ1n) is 4.10. The van der Waals surface area contributed by atoms with Crippen LogP contribution in [-0.2, 0) is 4.79 Å². The van der Waals surface area contributed by atoms with E-state index in [0.29, 0.717) is 6.42 Å². The minimum Gasteiger partial charge on any atom is -0.286 e. The predicted molar refractivity (Wildman–Crippen MR) is 43.3 cm³/mol. The molecular formula is C8H17NO2. The molecule has 0 aromatic heterocycles. The van der Waals surface area contributed by atoms with E-state index in [4.69, 9.17) is 5.21 Å². The number of carbonyl (C=O) groups is 1. The molecule has 3 nitrogen and oxygen atoms in total. The summed E-state index contributed by atoms with van der Waals surface area (Å²) in [6, 6.07) is -0.112. The minimum absolute atomic E-state index is 0.112. The van der Waals surface area contributed by atoms with Crippen molar-refractivity contribution in [1.82, 2.24) is 5.06 Å². The molecule has 0 radical (unpaired) electrons. The number of carbonyl (C=O) groups excluding carboxylic acids is 1. The summed E-state index contributed by atoms with van der Waals surface area (Å²) in [6.07, 6.45) is 2.28. The largest absolute Gasteiger partial charge is 0.286 e. The van der Waals surface area contributed by atoms with Crippen molar-refractivity contribution >= 4 is 5.91 Å². The Balaban J connectivity index is 3.64. The van der Waals surface area contributed by atoms with Gasteiger partial charge in [-0.3, -0.25) is 10.0 Å². The van der Waals surface area contributed by atoms with Gasteiger partial charge in [0.1, 0.15) is 0 Å². The van der Waals surface area contributed by atoms with Crippen LogP contribution in [0.2, 0.25) is 0 Å². The van der Waals surface area contributed by atoms with Crippen LogP contribution >= 0.6 is 0 Å². The highest BCUT2D eigenvalue weighted by atomic mass is 16.5. The van der Waals surface area contributed by atoms with Gasteiger partial charge in [0, 0.05) is 6.42 Å². The van der Waals surface area contributed by atoms with E-state index in [1.807, 2.05) is 6.92 Å². The van der Waals surface area contributed by atoms with E-state index in [2.05, 4.69) is 0 Å². The summed E-state index contributed by atoms with van der Waals surface area (Å²) in [5.74, 6) is -0.179. The molecule has 1 N–H and O–H groups in total. The van der Waals surface area contributed by atoms with E-state index >= 15 is 0 Å². The van der Waals surface area contributed by atoms with Crippen LogP contribution in [-0.4, -0.2) is 22.2 Å². The molecule has 0 aromatic rings. The van der Waals surface area contributed by atoms with Gasteiger partial charge in [0.25, 0.3) is 0 Å². The predicted octanol–water partition coefficient (Wildman–Crippen LogP) is 1.80. The van der Waals surface area contributed by atoms with Gasteiger partial charge in [-0.15, -0.1) is 0 Å². The third kappa shape index (κ3) is 3.98. The normalized spacial score (nSPS) is 10.3. The van der Waals surface area contributed by atoms with E-state index < -0.39 is 0 Å². The van der Waals surface area contributed by atoms with E-state index in [-0.39, 0.29) is 11.9 Å². The maximum atomic E-state index is 11.0. The summed E-state index contributed by atoms with van der Waals surface area (Å²) in [5.41, 5.74) is 0. The first-order chi connectivity index (χ1) is 5.09. The Bertz CT molecular complexity index is 123. The summed E-state index contributed by atoms with van der Waals surface area (Å²) < 4.78 is 0. The number of hydrogen-bond donors (Lipinski definition) is 1. The highest BCUT2D eigenvalue weighted by Crippen LogP contribution is 2.01.